The Kier molecular flexibility index (Phi) is 4.18. The lowest BCUT2D eigenvalue weighted by Crippen LogP contribution is -2.45. The van der Waals surface area contributed by atoms with E-state index in [1.807, 2.05) is 20.8 Å². The van der Waals surface area contributed by atoms with Crippen LogP contribution in [0.5, 0.6) is 0 Å². The lowest BCUT2D eigenvalue weighted by atomic mass is 9.82. The van der Waals surface area contributed by atoms with Crippen molar-refractivity contribution in [2.24, 2.45) is 5.41 Å². The number of halogens is 1. The van der Waals surface area contributed by atoms with Crippen LogP contribution in [0.1, 0.15) is 43.7 Å². The number of aromatic nitrogens is 3. The highest BCUT2D eigenvalue weighted by Gasteiger charge is 2.40. The number of hydrogen-bond donors (Lipinski definition) is 0. The van der Waals surface area contributed by atoms with Gasteiger partial charge in [0.2, 0.25) is 0 Å². The Hall–Kier alpha value is -2.99. The summed E-state index contributed by atoms with van der Waals surface area (Å²) in [6.45, 7) is 11.3. The van der Waals surface area contributed by atoms with Crippen molar-refractivity contribution in [2.75, 3.05) is 13.2 Å². The van der Waals surface area contributed by atoms with Gasteiger partial charge in [0, 0.05) is 27.6 Å². The SMILES string of the molecule is Cc1c(C2(C)COC2)n(-c2ccc(F)cc2)c2cc3cnn(C(=O)C(C)(C)C)c3cc12. The third kappa shape index (κ3) is 2.92. The normalized spacial score (nSPS) is 16.1. The lowest BCUT2D eigenvalue weighted by molar-refractivity contribution is -0.0529. The van der Waals surface area contributed by atoms with Crippen LogP contribution in [-0.2, 0) is 10.2 Å². The first-order valence-electron chi connectivity index (χ1n) is 10.5. The van der Waals surface area contributed by atoms with Crippen LogP contribution in [0, 0.1) is 18.2 Å². The highest BCUT2D eigenvalue weighted by molar-refractivity contribution is 6.02. The summed E-state index contributed by atoms with van der Waals surface area (Å²) in [6, 6.07) is 10.7. The fraction of sp³-hybridized carbons (Fsp3) is 0.360. The molecule has 0 saturated carbocycles. The minimum atomic E-state index is -0.537. The number of carbonyl (C=O) groups excluding carboxylic acids is 1. The number of carbonyl (C=O) groups is 1. The molecule has 1 aliphatic rings. The second kappa shape index (κ2) is 6.50. The van der Waals surface area contributed by atoms with Gasteiger partial charge in [-0.25, -0.2) is 4.39 Å². The molecule has 2 aromatic carbocycles. The third-order valence-electron chi connectivity index (χ3n) is 6.24. The molecule has 0 atom stereocenters. The molecule has 0 bridgehead atoms. The summed E-state index contributed by atoms with van der Waals surface area (Å²) in [4.78, 5) is 12.9. The average Bonchev–Trinajstić information content (AvgIpc) is 3.23. The molecule has 1 fully saturated rings. The van der Waals surface area contributed by atoms with Crippen LogP contribution in [0.3, 0.4) is 0 Å². The molecule has 3 heterocycles. The Labute approximate surface area is 180 Å². The average molecular weight is 420 g/mol. The molecule has 6 heteroatoms. The first-order chi connectivity index (χ1) is 14.6. The molecule has 0 spiro atoms. The number of benzene rings is 2. The van der Waals surface area contributed by atoms with Crippen molar-refractivity contribution in [1.29, 1.82) is 0 Å². The van der Waals surface area contributed by atoms with Gasteiger partial charge in [-0.05, 0) is 55.8 Å². The van der Waals surface area contributed by atoms with Crippen LogP contribution in [0.15, 0.2) is 42.6 Å². The number of fused-ring (bicyclic) bond motifs is 2. The molecule has 0 unspecified atom stereocenters. The zero-order chi connectivity index (χ0) is 22.1. The number of nitrogens with zero attached hydrogens (tertiary/aromatic N) is 3. The molecule has 2 aromatic heterocycles. The topological polar surface area (TPSA) is 49.0 Å². The van der Waals surface area contributed by atoms with Crippen molar-refractivity contribution in [1.82, 2.24) is 14.3 Å². The van der Waals surface area contributed by atoms with Crippen molar-refractivity contribution in [3.63, 3.8) is 0 Å². The second-order valence-corrected chi connectivity index (χ2v) is 9.88. The minimum absolute atomic E-state index is 0.0444. The molecular formula is C25H26FN3O2. The summed E-state index contributed by atoms with van der Waals surface area (Å²) in [5.41, 5.74) is 4.36. The molecule has 0 amide bonds. The predicted molar refractivity (Wildman–Crippen MR) is 120 cm³/mol. The summed E-state index contributed by atoms with van der Waals surface area (Å²) >= 11 is 0. The number of ether oxygens (including phenoxy) is 1. The van der Waals surface area contributed by atoms with E-state index in [0.29, 0.717) is 13.2 Å². The Bertz CT molecular complexity index is 1340. The van der Waals surface area contributed by atoms with E-state index in [2.05, 4.69) is 35.6 Å². The third-order valence-corrected chi connectivity index (χ3v) is 6.24. The van der Waals surface area contributed by atoms with Crippen LogP contribution in [-0.4, -0.2) is 33.5 Å². The Morgan fingerprint density at radius 2 is 1.81 bits per heavy atom. The van der Waals surface area contributed by atoms with Gasteiger partial charge in [-0.1, -0.05) is 20.8 Å². The predicted octanol–water partition coefficient (Wildman–Crippen LogP) is 5.40. The van der Waals surface area contributed by atoms with Crippen molar-refractivity contribution in [3.8, 4) is 5.69 Å². The molecule has 4 aromatic rings. The largest absolute Gasteiger partial charge is 0.379 e. The number of aryl methyl sites for hydroxylation is 1. The highest BCUT2D eigenvalue weighted by Crippen LogP contribution is 2.41. The molecular weight excluding hydrogens is 393 g/mol. The van der Waals surface area contributed by atoms with Gasteiger partial charge < -0.3 is 9.30 Å². The van der Waals surface area contributed by atoms with Crippen molar-refractivity contribution >= 4 is 27.7 Å². The molecule has 160 valence electrons. The minimum Gasteiger partial charge on any atom is -0.379 e. The number of rotatable bonds is 2. The van der Waals surface area contributed by atoms with E-state index in [4.69, 9.17) is 4.74 Å². The van der Waals surface area contributed by atoms with Crippen molar-refractivity contribution in [3.05, 3.63) is 59.7 Å². The summed E-state index contributed by atoms with van der Waals surface area (Å²) in [5.74, 6) is -0.307. The Morgan fingerprint density at radius 1 is 1.13 bits per heavy atom. The van der Waals surface area contributed by atoms with E-state index in [-0.39, 0.29) is 17.1 Å². The molecule has 0 radical (unpaired) electrons. The van der Waals surface area contributed by atoms with Gasteiger partial charge in [0.15, 0.2) is 0 Å². The Balaban J connectivity index is 1.83. The summed E-state index contributed by atoms with van der Waals surface area (Å²) < 4.78 is 22.9. The molecule has 1 saturated heterocycles. The highest BCUT2D eigenvalue weighted by atomic mass is 19.1. The van der Waals surface area contributed by atoms with E-state index >= 15 is 0 Å². The monoisotopic (exact) mass is 419 g/mol. The maximum atomic E-state index is 13.6. The molecule has 0 aliphatic carbocycles. The van der Waals surface area contributed by atoms with Gasteiger partial charge in [-0.2, -0.15) is 9.78 Å². The number of hydrogen-bond acceptors (Lipinski definition) is 3. The lowest BCUT2D eigenvalue weighted by Gasteiger charge is -2.39. The van der Waals surface area contributed by atoms with Gasteiger partial charge in [0.05, 0.1) is 35.9 Å². The van der Waals surface area contributed by atoms with Crippen LogP contribution in [0.4, 0.5) is 4.39 Å². The van der Waals surface area contributed by atoms with Gasteiger partial charge in [0.1, 0.15) is 5.82 Å². The van der Waals surface area contributed by atoms with E-state index in [1.165, 1.54) is 16.8 Å². The molecule has 31 heavy (non-hydrogen) atoms. The molecule has 1 aliphatic heterocycles. The summed E-state index contributed by atoms with van der Waals surface area (Å²) in [5, 5.41) is 6.35. The molecule has 5 rings (SSSR count). The fourth-order valence-corrected chi connectivity index (χ4v) is 4.57. The smallest absolute Gasteiger partial charge is 0.252 e. The van der Waals surface area contributed by atoms with Crippen molar-refractivity contribution < 1.29 is 13.9 Å². The van der Waals surface area contributed by atoms with Crippen LogP contribution in [0.25, 0.3) is 27.5 Å². The quantitative estimate of drug-likeness (QED) is 0.437. The maximum Gasteiger partial charge on any atom is 0.252 e. The van der Waals surface area contributed by atoms with Gasteiger partial charge in [0.25, 0.3) is 5.91 Å². The Morgan fingerprint density at radius 3 is 2.39 bits per heavy atom. The second-order valence-electron chi connectivity index (χ2n) is 9.88. The molecule has 5 nitrogen and oxygen atoms in total. The van der Waals surface area contributed by atoms with Crippen molar-refractivity contribution in [2.45, 2.75) is 40.0 Å². The van der Waals surface area contributed by atoms with Crippen LogP contribution >= 0.6 is 0 Å². The van der Waals surface area contributed by atoms with Gasteiger partial charge in [-0.3, -0.25) is 4.79 Å². The van der Waals surface area contributed by atoms with Gasteiger partial charge in [-0.15, -0.1) is 0 Å². The zero-order valence-electron chi connectivity index (χ0n) is 18.5. The van der Waals surface area contributed by atoms with E-state index in [9.17, 15) is 9.18 Å². The van der Waals surface area contributed by atoms with E-state index in [1.54, 1.807) is 18.3 Å². The zero-order valence-corrected chi connectivity index (χ0v) is 18.5. The van der Waals surface area contributed by atoms with Crippen LogP contribution < -0.4 is 0 Å². The summed E-state index contributed by atoms with van der Waals surface area (Å²) in [7, 11) is 0. The first-order valence-corrected chi connectivity index (χ1v) is 10.5. The van der Waals surface area contributed by atoms with Gasteiger partial charge >= 0.3 is 0 Å². The van der Waals surface area contributed by atoms with E-state index < -0.39 is 5.41 Å². The molecule has 0 N–H and O–H groups in total. The first kappa shape index (κ1) is 19.9. The maximum absolute atomic E-state index is 13.6. The standard InChI is InChI=1S/C25H26FN3O2/c1-15-19-11-20-16(12-27-29(20)23(30)24(2,3)4)10-21(19)28(18-8-6-17(26)7-9-18)22(15)25(5)13-31-14-25/h6-12H,13-14H2,1-5H3. The summed E-state index contributed by atoms with van der Waals surface area (Å²) in [6.07, 6.45) is 1.74. The van der Waals surface area contributed by atoms with Crippen LogP contribution in [0.2, 0.25) is 0 Å². The fourth-order valence-electron chi connectivity index (χ4n) is 4.57. The van der Waals surface area contributed by atoms with E-state index in [0.717, 1.165) is 38.8 Å².